The largest absolute Gasteiger partial charge is 0.0564 e. The summed E-state index contributed by atoms with van der Waals surface area (Å²) in [4.78, 5) is 0. The zero-order valence-corrected chi connectivity index (χ0v) is 14.7. The van der Waals surface area contributed by atoms with E-state index >= 15 is 0 Å². The predicted molar refractivity (Wildman–Crippen MR) is 97.7 cm³/mol. The third-order valence-corrected chi connectivity index (χ3v) is 4.24. The summed E-state index contributed by atoms with van der Waals surface area (Å²) < 4.78 is 0. The SMILES string of the molecule is Cc1cc(C)cc(CCCCCCc2cc(C)cc(C)c2)c1. The minimum absolute atomic E-state index is 1.23. The lowest BCUT2D eigenvalue weighted by molar-refractivity contribution is 0.640. The van der Waals surface area contributed by atoms with Crippen molar-refractivity contribution in [2.75, 3.05) is 0 Å². The van der Waals surface area contributed by atoms with Gasteiger partial charge in [-0.25, -0.2) is 0 Å². The number of hydrogen-bond donors (Lipinski definition) is 0. The molecule has 0 unspecified atom stereocenters. The van der Waals surface area contributed by atoms with Crippen LogP contribution in [0.1, 0.15) is 59.1 Å². The molecule has 0 heteroatoms. The van der Waals surface area contributed by atoms with Crippen molar-refractivity contribution in [1.82, 2.24) is 0 Å². The monoisotopic (exact) mass is 294 g/mol. The smallest absolute Gasteiger partial charge is 0.0279 e. The van der Waals surface area contributed by atoms with E-state index in [0.717, 1.165) is 0 Å². The van der Waals surface area contributed by atoms with E-state index in [1.165, 1.54) is 71.9 Å². The van der Waals surface area contributed by atoms with Crippen LogP contribution in [0.25, 0.3) is 0 Å². The molecule has 0 bridgehead atoms. The summed E-state index contributed by atoms with van der Waals surface area (Å²) in [6.07, 6.45) is 7.78. The van der Waals surface area contributed by atoms with Crippen LogP contribution in [0, 0.1) is 27.7 Å². The molecular weight excluding hydrogens is 264 g/mol. The fraction of sp³-hybridized carbons (Fsp3) is 0.455. The Morgan fingerprint density at radius 1 is 0.455 bits per heavy atom. The second kappa shape index (κ2) is 8.17. The van der Waals surface area contributed by atoms with Gasteiger partial charge in [-0.3, -0.25) is 0 Å². The molecule has 0 N–H and O–H groups in total. The molecule has 0 aromatic heterocycles. The quantitative estimate of drug-likeness (QED) is 0.528. The standard InChI is InChI=1S/C22H30/c1-17-11-18(2)14-21(13-17)9-7-5-6-8-10-22-15-19(3)12-20(4)16-22/h11-16H,5-10H2,1-4H3. The lowest BCUT2D eigenvalue weighted by Gasteiger charge is -2.06. The van der Waals surface area contributed by atoms with Gasteiger partial charge in [-0.1, -0.05) is 71.5 Å². The normalized spacial score (nSPS) is 10.9. The van der Waals surface area contributed by atoms with Gasteiger partial charge in [0, 0.05) is 0 Å². The van der Waals surface area contributed by atoms with Crippen LogP contribution in [0.3, 0.4) is 0 Å². The van der Waals surface area contributed by atoms with Gasteiger partial charge in [0.2, 0.25) is 0 Å². The predicted octanol–water partition coefficient (Wildman–Crippen LogP) is 6.27. The first kappa shape index (κ1) is 16.8. The van der Waals surface area contributed by atoms with Crippen LogP contribution in [0.15, 0.2) is 36.4 Å². The molecule has 0 saturated heterocycles. The van der Waals surface area contributed by atoms with Gasteiger partial charge in [-0.15, -0.1) is 0 Å². The van der Waals surface area contributed by atoms with Gasteiger partial charge in [0.25, 0.3) is 0 Å². The van der Waals surface area contributed by atoms with Crippen LogP contribution in [0.5, 0.6) is 0 Å². The summed E-state index contributed by atoms with van der Waals surface area (Å²) in [5.74, 6) is 0. The summed E-state index contributed by atoms with van der Waals surface area (Å²) >= 11 is 0. The highest BCUT2D eigenvalue weighted by molar-refractivity contribution is 5.29. The van der Waals surface area contributed by atoms with E-state index in [-0.39, 0.29) is 0 Å². The minimum atomic E-state index is 1.23. The van der Waals surface area contributed by atoms with Crippen molar-refractivity contribution in [2.45, 2.75) is 66.2 Å². The Kier molecular flexibility index (Phi) is 6.24. The van der Waals surface area contributed by atoms with Gasteiger partial charge in [0.05, 0.1) is 0 Å². The zero-order valence-electron chi connectivity index (χ0n) is 14.7. The highest BCUT2D eigenvalue weighted by atomic mass is 14.0. The molecule has 0 fully saturated rings. The number of unbranched alkanes of at least 4 members (excludes halogenated alkanes) is 3. The van der Waals surface area contributed by atoms with Gasteiger partial charge < -0.3 is 0 Å². The molecule has 0 heterocycles. The molecular formula is C22H30. The van der Waals surface area contributed by atoms with Gasteiger partial charge in [0.15, 0.2) is 0 Å². The molecule has 0 aliphatic carbocycles. The fourth-order valence-corrected chi connectivity index (χ4v) is 3.44. The van der Waals surface area contributed by atoms with Crippen LogP contribution < -0.4 is 0 Å². The molecule has 0 nitrogen and oxygen atoms in total. The van der Waals surface area contributed by atoms with E-state index in [2.05, 4.69) is 64.1 Å². The Bertz CT molecular complexity index is 511. The molecule has 0 atom stereocenters. The average molecular weight is 294 g/mol. The number of aryl methyl sites for hydroxylation is 6. The zero-order chi connectivity index (χ0) is 15.9. The third-order valence-electron chi connectivity index (χ3n) is 4.24. The van der Waals surface area contributed by atoms with Crippen molar-refractivity contribution in [3.8, 4) is 0 Å². The Hall–Kier alpha value is -1.56. The van der Waals surface area contributed by atoms with E-state index in [1.807, 2.05) is 0 Å². The highest BCUT2D eigenvalue weighted by Gasteiger charge is 1.99. The second-order valence-electron chi connectivity index (χ2n) is 6.91. The first-order valence-corrected chi connectivity index (χ1v) is 8.67. The van der Waals surface area contributed by atoms with Gasteiger partial charge in [-0.05, 0) is 64.5 Å². The molecule has 118 valence electrons. The maximum atomic E-state index is 2.34. The Labute approximate surface area is 136 Å². The van der Waals surface area contributed by atoms with Crippen LogP contribution in [0.2, 0.25) is 0 Å². The Balaban J connectivity index is 1.67. The van der Waals surface area contributed by atoms with Crippen LogP contribution in [-0.2, 0) is 12.8 Å². The molecule has 0 aliphatic rings. The molecule has 22 heavy (non-hydrogen) atoms. The second-order valence-corrected chi connectivity index (χ2v) is 6.91. The van der Waals surface area contributed by atoms with E-state index in [0.29, 0.717) is 0 Å². The summed E-state index contributed by atoms with van der Waals surface area (Å²) in [6, 6.07) is 13.9. The van der Waals surface area contributed by atoms with Crippen molar-refractivity contribution in [3.05, 3.63) is 69.8 Å². The number of benzene rings is 2. The molecule has 0 amide bonds. The summed E-state index contributed by atoms with van der Waals surface area (Å²) in [7, 11) is 0. The van der Waals surface area contributed by atoms with Gasteiger partial charge in [-0.2, -0.15) is 0 Å². The van der Waals surface area contributed by atoms with E-state index in [1.54, 1.807) is 0 Å². The summed E-state index contributed by atoms with van der Waals surface area (Å²) in [5.41, 5.74) is 8.59. The van der Waals surface area contributed by atoms with E-state index in [9.17, 15) is 0 Å². The van der Waals surface area contributed by atoms with Crippen molar-refractivity contribution in [1.29, 1.82) is 0 Å². The van der Waals surface area contributed by atoms with Crippen molar-refractivity contribution in [3.63, 3.8) is 0 Å². The van der Waals surface area contributed by atoms with Gasteiger partial charge in [0.1, 0.15) is 0 Å². The molecule has 2 rings (SSSR count). The Morgan fingerprint density at radius 2 is 0.773 bits per heavy atom. The fourth-order valence-electron chi connectivity index (χ4n) is 3.44. The van der Waals surface area contributed by atoms with Crippen molar-refractivity contribution in [2.24, 2.45) is 0 Å². The highest BCUT2D eigenvalue weighted by Crippen LogP contribution is 2.15. The molecule has 0 spiro atoms. The number of hydrogen-bond acceptors (Lipinski definition) is 0. The first-order valence-electron chi connectivity index (χ1n) is 8.67. The maximum absolute atomic E-state index is 2.34. The topological polar surface area (TPSA) is 0 Å². The minimum Gasteiger partial charge on any atom is -0.0564 e. The Morgan fingerprint density at radius 3 is 1.09 bits per heavy atom. The number of rotatable bonds is 7. The van der Waals surface area contributed by atoms with E-state index < -0.39 is 0 Å². The molecule has 0 saturated carbocycles. The van der Waals surface area contributed by atoms with Crippen molar-refractivity contribution >= 4 is 0 Å². The molecule has 0 radical (unpaired) electrons. The average Bonchev–Trinajstić information content (AvgIpc) is 2.40. The van der Waals surface area contributed by atoms with Crippen molar-refractivity contribution < 1.29 is 0 Å². The van der Waals surface area contributed by atoms with Crippen LogP contribution in [-0.4, -0.2) is 0 Å². The van der Waals surface area contributed by atoms with Crippen LogP contribution >= 0.6 is 0 Å². The lowest BCUT2D eigenvalue weighted by Crippen LogP contribution is -1.91. The summed E-state index contributed by atoms with van der Waals surface area (Å²) in [5, 5.41) is 0. The maximum Gasteiger partial charge on any atom is -0.0279 e. The third kappa shape index (κ3) is 5.67. The molecule has 2 aromatic carbocycles. The van der Waals surface area contributed by atoms with Gasteiger partial charge >= 0.3 is 0 Å². The van der Waals surface area contributed by atoms with Crippen LogP contribution in [0.4, 0.5) is 0 Å². The summed E-state index contributed by atoms with van der Waals surface area (Å²) in [6.45, 7) is 8.78. The first-order chi connectivity index (χ1) is 10.5. The molecule has 2 aromatic rings. The lowest BCUT2D eigenvalue weighted by atomic mass is 9.99. The van der Waals surface area contributed by atoms with E-state index in [4.69, 9.17) is 0 Å². The molecule has 0 aliphatic heterocycles.